The zero-order valence-electron chi connectivity index (χ0n) is 19.5. The molecular weight excluding hydrogens is 368 g/mol. The fourth-order valence-electron chi connectivity index (χ4n) is 6.69. The van der Waals surface area contributed by atoms with Gasteiger partial charge in [0, 0.05) is 48.7 Å². The predicted molar refractivity (Wildman–Crippen MR) is 126 cm³/mol. The third-order valence-corrected chi connectivity index (χ3v) is 8.03. The average Bonchev–Trinajstić information content (AvgIpc) is 2.73. The first kappa shape index (κ1) is 21.4. The van der Waals surface area contributed by atoms with Crippen LogP contribution in [0.15, 0.2) is 54.6 Å². The monoisotopic (exact) mass is 406 g/mol. The van der Waals surface area contributed by atoms with Crippen molar-refractivity contribution in [1.82, 2.24) is 4.90 Å². The van der Waals surface area contributed by atoms with Gasteiger partial charge in [-0.15, -0.1) is 0 Å². The SMILES string of the molecule is CC(C)c1ccc(C2(O)C(C)(C)C(N3CCN(c4ccccc4)CC3)C2(C)C)cc1. The predicted octanol–water partition coefficient (Wildman–Crippen LogP) is 5.25. The lowest BCUT2D eigenvalue weighted by Gasteiger charge is -2.72. The molecule has 3 nitrogen and oxygen atoms in total. The second kappa shape index (κ2) is 7.39. The van der Waals surface area contributed by atoms with Crippen molar-refractivity contribution in [2.45, 2.75) is 59.1 Å². The molecule has 2 aromatic rings. The minimum atomic E-state index is -0.837. The highest BCUT2D eigenvalue weighted by molar-refractivity contribution is 5.46. The minimum Gasteiger partial charge on any atom is -0.384 e. The first-order valence-electron chi connectivity index (χ1n) is 11.5. The maximum Gasteiger partial charge on any atom is 0.103 e. The Morgan fingerprint density at radius 3 is 1.83 bits per heavy atom. The maximum atomic E-state index is 12.1. The summed E-state index contributed by atoms with van der Waals surface area (Å²) < 4.78 is 0. The Kier molecular flexibility index (Phi) is 5.27. The molecule has 0 spiro atoms. The van der Waals surface area contributed by atoms with Crippen molar-refractivity contribution in [3.8, 4) is 0 Å². The van der Waals surface area contributed by atoms with Gasteiger partial charge in [-0.1, -0.05) is 84.0 Å². The molecule has 0 aromatic heterocycles. The van der Waals surface area contributed by atoms with E-state index in [9.17, 15) is 5.11 Å². The number of para-hydroxylation sites is 1. The Hall–Kier alpha value is -1.84. The van der Waals surface area contributed by atoms with Gasteiger partial charge in [-0.25, -0.2) is 0 Å². The number of aliphatic hydroxyl groups is 1. The van der Waals surface area contributed by atoms with E-state index in [2.05, 4.69) is 106 Å². The highest BCUT2D eigenvalue weighted by Crippen LogP contribution is 2.68. The van der Waals surface area contributed by atoms with E-state index in [-0.39, 0.29) is 10.8 Å². The first-order chi connectivity index (χ1) is 14.1. The number of rotatable bonds is 4. The Labute approximate surface area is 182 Å². The lowest BCUT2D eigenvalue weighted by molar-refractivity contribution is -0.307. The summed E-state index contributed by atoms with van der Waals surface area (Å²) in [7, 11) is 0. The quantitative estimate of drug-likeness (QED) is 0.751. The number of anilines is 1. The topological polar surface area (TPSA) is 26.7 Å². The van der Waals surface area contributed by atoms with Crippen LogP contribution >= 0.6 is 0 Å². The van der Waals surface area contributed by atoms with E-state index in [1.807, 2.05) is 0 Å². The average molecular weight is 407 g/mol. The van der Waals surface area contributed by atoms with E-state index < -0.39 is 5.60 Å². The number of hydrogen-bond donors (Lipinski definition) is 1. The molecule has 0 radical (unpaired) electrons. The molecular formula is C27H38N2O. The molecule has 3 heteroatoms. The van der Waals surface area contributed by atoms with Gasteiger partial charge >= 0.3 is 0 Å². The lowest BCUT2D eigenvalue weighted by atomic mass is 9.39. The van der Waals surface area contributed by atoms with Crippen LogP contribution in [0.5, 0.6) is 0 Å². The van der Waals surface area contributed by atoms with Crippen LogP contribution in [0.1, 0.15) is 58.6 Å². The van der Waals surface area contributed by atoms with Gasteiger partial charge in [0.1, 0.15) is 5.60 Å². The first-order valence-corrected chi connectivity index (χ1v) is 11.5. The number of hydrogen-bond acceptors (Lipinski definition) is 3. The van der Waals surface area contributed by atoms with Crippen molar-refractivity contribution in [3.05, 3.63) is 65.7 Å². The fourth-order valence-corrected chi connectivity index (χ4v) is 6.69. The second-order valence-electron chi connectivity index (χ2n) is 10.7. The van der Waals surface area contributed by atoms with Crippen molar-refractivity contribution in [2.75, 3.05) is 31.1 Å². The highest BCUT2D eigenvalue weighted by atomic mass is 16.3. The molecule has 0 amide bonds. The van der Waals surface area contributed by atoms with Crippen LogP contribution in [0.4, 0.5) is 5.69 Å². The van der Waals surface area contributed by atoms with Crippen LogP contribution in [0.3, 0.4) is 0 Å². The smallest absolute Gasteiger partial charge is 0.103 e. The van der Waals surface area contributed by atoms with Gasteiger partial charge in [-0.3, -0.25) is 4.90 Å². The molecule has 1 aliphatic heterocycles. The summed E-state index contributed by atoms with van der Waals surface area (Å²) in [5.41, 5.74) is 2.42. The summed E-state index contributed by atoms with van der Waals surface area (Å²) in [5.74, 6) is 0.504. The molecule has 2 aliphatic rings. The van der Waals surface area contributed by atoms with Gasteiger partial charge in [-0.05, 0) is 29.2 Å². The minimum absolute atomic E-state index is 0.217. The standard InChI is InChI=1S/C27H38N2O/c1-20(2)21-12-14-22(15-13-21)27(30)25(3,4)24(26(27,5)6)29-18-16-28(17-19-29)23-10-8-7-9-11-23/h7-15,20,24,30H,16-19H2,1-6H3. The van der Waals surface area contributed by atoms with E-state index in [1.165, 1.54) is 11.3 Å². The maximum absolute atomic E-state index is 12.1. The van der Waals surface area contributed by atoms with Crippen LogP contribution in [0.2, 0.25) is 0 Å². The summed E-state index contributed by atoms with van der Waals surface area (Å²) in [5, 5.41) is 12.1. The summed E-state index contributed by atoms with van der Waals surface area (Å²) >= 11 is 0. The van der Waals surface area contributed by atoms with E-state index >= 15 is 0 Å². The molecule has 4 rings (SSSR count). The van der Waals surface area contributed by atoms with E-state index in [4.69, 9.17) is 0 Å². The summed E-state index contributed by atoms with van der Waals surface area (Å²) in [6.45, 7) is 17.6. The van der Waals surface area contributed by atoms with Crippen molar-refractivity contribution in [2.24, 2.45) is 10.8 Å². The molecule has 162 valence electrons. The van der Waals surface area contributed by atoms with Crippen LogP contribution < -0.4 is 4.90 Å². The molecule has 2 aromatic carbocycles. The Bertz CT molecular complexity index is 845. The highest BCUT2D eigenvalue weighted by Gasteiger charge is 2.73. The number of benzene rings is 2. The molecule has 0 bridgehead atoms. The van der Waals surface area contributed by atoms with Crippen LogP contribution in [-0.2, 0) is 5.60 Å². The van der Waals surface area contributed by atoms with E-state index in [0.29, 0.717) is 12.0 Å². The molecule has 2 fully saturated rings. The molecule has 1 N–H and O–H groups in total. The molecule has 1 saturated carbocycles. The van der Waals surface area contributed by atoms with Crippen molar-refractivity contribution in [3.63, 3.8) is 0 Å². The van der Waals surface area contributed by atoms with Crippen LogP contribution in [-0.4, -0.2) is 42.2 Å². The largest absolute Gasteiger partial charge is 0.384 e. The summed E-state index contributed by atoms with van der Waals surface area (Å²) in [4.78, 5) is 5.10. The van der Waals surface area contributed by atoms with Gasteiger partial charge in [0.2, 0.25) is 0 Å². The summed E-state index contributed by atoms with van der Waals surface area (Å²) in [6, 6.07) is 19.7. The van der Waals surface area contributed by atoms with E-state index in [0.717, 1.165) is 31.7 Å². The van der Waals surface area contributed by atoms with Crippen molar-refractivity contribution in [1.29, 1.82) is 0 Å². The number of piperazine rings is 1. The molecule has 1 saturated heterocycles. The normalized spacial score (nSPS) is 28.4. The van der Waals surface area contributed by atoms with Crippen molar-refractivity contribution >= 4 is 5.69 Å². The van der Waals surface area contributed by atoms with Gasteiger partial charge < -0.3 is 10.0 Å². The zero-order chi connectivity index (χ0) is 21.7. The zero-order valence-corrected chi connectivity index (χ0v) is 19.5. The molecule has 1 heterocycles. The van der Waals surface area contributed by atoms with Gasteiger partial charge in [0.05, 0.1) is 0 Å². The Morgan fingerprint density at radius 2 is 1.33 bits per heavy atom. The van der Waals surface area contributed by atoms with Gasteiger partial charge in [0.15, 0.2) is 0 Å². The molecule has 30 heavy (non-hydrogen) atoms. The Balaban J connectivity index is 1.54. The third kappa shape index (κ3) is 3.01. The lowest BCUT2D eigenvalue weighted by Crippen LogP contribution is -2.79. The second-order valence-corrected chi connectivity index (χ2v) is 10.7. The molecule has 1 aliphatic carbocycles. The molecule has 0 unspecified atom stereocenters. The fraction of sp³-hybridized carbons (Fsp3) is 0.556. The van der Waals surface area contributed by atoms with Crippen LogP contribution in [0.25, 0.3) is 0 Å². The number of nitrogens with zero attached hydrogens (tertiary/aromatic N) is 2. The van der Waals surface area contributed by atoms with Gasteiger partial charge in [0.25, 0.3) is 0 Å². The summed E-state index contributed by atoms with van der Waals surface area (Å²) in [6.07, 6.45) is 0. The Morgan fingerprint density at radius 1 is 0.800 bits per heavy atom. The van der Waals surface area contributed by atoms with E-state index in [1.54, 1.807) is 0 Å². The van der Waals surface area contributed by atoms with Gasteiger partial charge in [-0.2, -0.15) is 0 Å². The van der Waals surface area contributed by atoms with Crippen LogP contribution in [0, 0.1) is 10.8 Å². The molecule has 0 atom stereocenters. The van der Waals surface area contributed by atoms with Crippen molar-refractivity contribution < 1.29 is 5.11 Å². The third-order valence-electron chi connectivity index (χ3n) is 8.03.